The van der Waals surface area contributed by atoms with Crippen LogP contribution in [0.2, 0.25) is 0 Å². The third-order valence-electron chi connectivity index (χ3n) is 4.36. The van der Waals surface area contributed by atoms with Crippen LogP contribution in [-0.2, 0) is 0 Å². The monoisotopic (exact) mass is 274 g/mol. The van der Waals surface area contributed by atoms with Gasteiger partial charge < -0.3 is 20.9 Å². The van der Waals surface area contributed by atoms with E-state index in [1.807, 2.05) is 24.3 Å². The summed E-state index contributed by atoms with van der Waals surface area (Å²) in [5, 5.41) is 8.95. The lowest BCUT2D eigenvalue weighted by Gasteiger charge is -2.31. The predicted octanol–water partition coefficient (Wildman–Crippen LogP) is 1.94. The number of urea groups is 1. The first-order valence-corrected chi connectivity index (χ1v) is 7.32. The number of rotatable bonds is 3. The molecule has 1 aromatic carbocycles. The third-order valence-corrected chi connectivity index (χ3v) is 4.36. The zero-order valence-electron chi connectivity index (χ0n) is 11.9. The number of fused-ring (bicyclic) bond motifs is 2. The number of carbonyl (C=O) groups excluding carboxylic acids is 1. The number of hydrogen-bond donors (Lipinski definition) is 3. The molecule has 2 fully saturated rings. The summed E-state index contributed by atoms with van der Waals surface area (Å²) in [7, 11) is 1.61. The molecule has 5 heteroatoms. The number of nitrogens with zero attached hydrogens (tertiary/aromatic N) is 1. The van der Waals surface area contributed by atoms with Crippen molar-refractivity contribution in [1.29, 1.82) is 0 Å². The van der Waals surface area contributed by atoms with Crippen LogP contribution in [0.1, 0.15) is 12.8 Å². The van der Waals surface area contributed by atoms with Crippen LogP contribution in [0, 0.1) is 5.92 Å². The first-order chi connectivity index (χ1) is 9.74. The number of piperidine rings is 1. The highest BCUT2D eigenvalue weighted by atomic mass is 16.2. The molecule has 3 atom stereocenters. The van der Waals surface area contributed by atoms with E-state index in [9.17, 15) is 4.79 Å². The van der Waals surface area contributed by atoms with Crippen molar-refractivity contribution in [2.24, 2.45) is 5.92 Å². The molecular formula is C15H22N4O. The first kappa shape index (κ1) is 13.2. The lowest BCUT2D eigenvalue weighted by Crippen LogP contribution is -2.39. The molecule has 2 aliphatic rings. The van der Waals surface area contributed by atoms with Gasteiger partial charge in [0.1, 0.15) is 0 Å². The number of amides is 2. The van der Waals surface area contributed by atoms with Crippen LogP contribution in [0.4, 0.5) is 16.2 Å². The molecule has 0 radical (unpaired) electrons. The van der Waals surface area contributed by atoms with E-state index in [-0.39, 0.29) is 6.03 Å². The molecule has 3 unspecified atom stereocenters. The number of nitrogens with one attached hydrogen (secondary N) is 3. The van der Waals surface area contributed by atoms with Crippen molar-refractivity contribution >= 4 is 17.4 Å². The van der Waals surface area contributed by atoms with Gasteiger partial charge in [0.15, 0.2) is 0 Å². The number of benzene rings is 1. The fourth-order valence-electron chi connectivity index (χ4n) is 3.20. The average molecular weight is 274 g/mol. The zero-order valence-corrected chi connectivity index (χ0v) is 11.9. The van der Waals surface area contributed by atoms with Gasteiger partial charge in [-0.3, -0.25) is 0 Å². The minimum atomic E-state index is -0.191. The summed E-state index contributed by atoms with van der Waals surface area (Å²) in [6.07, 6.45) is 2.54. The highest BCUT2D eigenvalue weighted by Gasteiger charge is 2.33. The molecule has 2 saturated heterocycles. The van der Waals surface area contributed by atoms with Crippen molar-refractivity contribution < 1.29 is 4.79 Å². The number of hydrogen-bond acceptors (Lipinski definition) is 3. The summed E-state index contributed by atoms with van der Waals surface area (Å²) in [5.74, 6) is 0.785. The highest BCUT2D eigenvalue weighted by Crippen LogP contribution is 2.29. The Morgan fingerprint density at radius 1 is 1.15 bits per heavy atom. The molecule has 0 aromatic heterocycles. The summed E-state index contributed by atoms with van der Waals surface area (Å²) in [5.41, 5.74) is 1.95. The Balaban J connectivity index is 1.59. The fourth-order valence-corrected chi connectivity index (χ4v) is 3.20. The van der Waals surface area contributed by atoms with E-state index in [0.717, 1.165) is 17.3 Å². The molecule has 108 valence electrons. The van der Waals surface area contributed by atoms with Gasteiger partial charge in [0.25, 0.3) is 0 Å². The van der Waals surface area contributed by atoms with Crippen LogP contribution in [0.5, 0.6) is 0 Å². The predicted molar refractivity (Wildman–Crippen MR) is 81.1 cm³/mol. The van der Waals surface area contributed by atoms with Gasteiger partial charge in [0.2, 0.25) is 0 Å². The molecule has 0 spiro atoms. The Labute approximate surface area is 119 Å². The largest absolute Gasteiger partial charge is 0.382 e. The average Bonchev–Trinajstić information content (AvgIpc) is 2.86. The molecule has 2 aliphatic heterocycles. The molecule has 2 amide bonds. The Kier molecular flexibility index (Phi) is 3.78. The molecule has 1 aromatic rings. The lowest BCUT2D eigenvalue weighted by molar-refractivity contribution is 0.254. The Morgan fingerprint density at radius 3 is 2.60 bits per heavy atom. The number of carbonyl (C=O) groups is 1. The first-order valence-electron chi connectivity index (χ1n) is 7.32. The van der Waals surface area contributed by atoms with E-state index in [4.69, 9.17) is 0 Å². The molecular weight excluding hydrogens is 252 g/mol. The standard InChI is InChI=1S/C15H22N4O/c1-16-15(20)18-13-4-2-12(3-5-13)17-14-7-9-19-8-6-11(14)10-19/h2-5,11,14,17H,6-10H2,1H3,(H2,16,18,20). The summed E-state index contributed by atoms with van der Waals surface area (Å²) < 4.78 is 0. The van der Waals surface area contributed by atoms with E-state index >= 15 is 0 Å². The zero-order chi connectivity index (χ0) is 13.9. The minimum absolute atomic E-state index is 0.191. The van der Waals surface area contributed by atoms with Crippen LogP contribution in [0.15, 0.2) is 24.3 Å². The Morgan fingerprint density at radius 2 is 1.85 bits per heavy atom. The van der Waals surface area contributed by atoms with Crippen LogP contribution >= 0.6 is 0 Å². The second-order valence-corrected chi connectivity index (χ2v) is 5.67. The Hall–Kier alpha value is -1.75. The quantitative estimate of drug-likeness (QED) is 0.789. The highest BCUT2D eigenvalue weighted by molar-refractivity contribution is 5.89. The van der Waals surface area contributed by atoms with Crippen molar-refractivity contribution in [3.8, 4) is 0 Å². The van der Waals surface area contributed by atoms with Crippen molar-refractivity contribution in [3.05, 3.63) is 24.3 Å². The van der Waals surface area contributed by atoms with E-state index in [1.54, 1.807) is 7.05 Å². The van der Waals surface area contributed by atoms with Crippen LogP contribution in [-0.4, -0.2) is 43.7 Å². The van der Waals surface area contributed by atoms with Crippen molar-refractivity contribution in [2.75, 3.05) is 37.3 Å². The number of anilines is 2. The Bertz CT molecular complexity index is 473. The maximum atomic E-state index is 11.2. The minimum Gasteiger partial charge on any atom is -0.382 e. The van der Waals surface area contributed by atoms with Gasteiger partial charge in [-0.15, -0.1) is 0 Å². The van der Waals surface area contributed by atoms with E-state index in [1.165, 1.54) is 32.5 Å². The van der Waals surface area contributed by atoms with Crippen LogP contribution in [0.3, 0.4) is 0 Å². The maximum absolute atomic E-state index is 11.2. The second-order valence-electron chi connectivity index (χ2n) is 5.67. The fraction of sp³-hybridized carbons (Fsp3) is 0.533. The molecule has 0 saturated carbocycles. The van der Waals surface area contributed by atoms with Gasteiger partial charge in [-0.05, 0) is 49.6 Å². The molecule has 5 nitrogen and oxygen atoms in total. The van der Waals surface area contributed by atoms with Crippen LogP contribution in [0.25, 0.3) is 0 Å². The van der Waals surface area contributed by atoms with Gasteiger partial charge >= 0.3 is 6.03 Å². The van der Waals surface area contributed by atoms with E-state index in [0.29, 0.717) is 6.04 Å². The summed E-state index contributed by atoms with van der Waals surface area (Å²) in [6.45, 7) is 3.72. The lowest BCUT2D eigenvalue weighted by atomic mass is 9.94. The van der Waals surface area contributed by atoms with Gasteiger partial charge in [-0.25, -0.2) is 4.79 Å². The summed E-state index contributed by atoms with van der Waals surface area (Å²) >= 11 is 0. The topological polar surface area (TPSA) is 56.4 Å². The molecule has 3 rings (SSSR count). The second kappa shape index (κ2) is 5.71. The smallest absolute Gasteiger partial charge is 0.318 e. The third kappa shape index (κ3) is 2.88. The van der Waals surface area contributed by atoms with Gasteiger partial charge in [0, 0.05) is 37.6 Å². The van der Waals surface area contributed by atoms with Gasteiger partial charge in [0.05, 0.1) is 0 Å². The van der Waals surface area contributed by atoms with Gasteiger partial charge in [-0.1, -0.05) is 0 Å². The van der Waals surface area contributed by atoms with Gasteiger partial charge in [-0.2, -0.15) is 0 Å². The van der Waals surface area contributed by atoms with Crippen molar-refractivity contribution in [2.45, 2.75) is 18.9 Å². The van der Waals surface area contributed by atoms with E-state index < -0.39 is 0 Å². The van der Waals surface area contributed by atoms with Crippen molar-refractivity contribution in [1.82, 2.24) is 10.2 Å². The van der Waals surface area contributed by atoms with Crippen LogP contribution < -0.4 is 16.0 Å². The maximum Gasteiger partial charge on any atom is 0.318 e. The molecule has 20 heavy (non-hydrogen) atoms. The SMILES string of the molecule is CNC(=O)Nc1ccc(NC2CCN3CCC2C3)cc1. The summed E-state index contributed by atoms with van der Waals surface area (Å²) in [4.78, 5) is 13.8. The molecule has 3 N–H and O–H groups in total. The molecule has 2 bridgehead atoms. The molecule has 2 heterocycles. The van der Waals surface area contributed by atoms with E-state index in [2.05, 4.69) is 20.9 Å². The molecule has 0 aliphatic carbocycles. The summed E-state index contributed by atoms with van der Waals surface area (Å²) in [6, 6.07) is 8.33. The normalized spacial score (nSPS) is 27.9. The van der Waals surface area contributed by atoms with Crippen molar-refractivity contribution in [3.63, 3.8) is 0 Å².